The molecule has 1 aromatic carbocycles. The molecular formula is C13H17F3O. The lowest BCUT2D eigenvalue weighted by Gasteiger charge is -2.23. The van der Waals surface area contributed by atoms with Gasteiger partial charge in [0.2, 0.25) is 0 Å². The summed E-state index contributed by atoms with van der Waals surface area (Å²) in [5.74, 6) is 0. The van der Waals surface area contributed by atoms with Crippen molar-refractivity contribution in [1.82, 2.24) is 0 Å². The number of alkyl halides is 3. The normalized spacial score (nSPS) is 15.6. The minimum Gasteiger partial charge on any atom is -0.390 e. The molecule has 0 fully saturated rings. The van der Waals surface area contributed by atoms with Crippen molar-refractivity contribution in [2.45, 2.75) is 44.4 Å². The minimum atomic E-state index is -4.14. The first kappa shape index (κ1) is 14.0. The van der Waals surface area contributed by atoms with Gasteiger partial charge in [0.1, 0.15) is 0 Å². The molecule has 0 radical (unpaired) electrons. The van der Waals surface area contributed by atoms with Crippen molar-refractivity contribution in [2.75, 3.05) is 0 Å². The van der Waals surface area contributed by atoms with Crippen LogP contribution in [0.15, 0.2) is 30.3 Å². The number of rotatable bonds is 5. The monoisotopic (exact) mass is 246 g/mol. The second-order valence-corrected chi connectivity index (χ2v) is 4.63. The number of hydrogen-bond donors (Lipinski definition) is 1. The molecule has 1 nitrogen and oxygen atoms in total. The van der Waals surface area contributed by atoms with E-state index in [0.29, 0.717) is 6.42 Å². The Morgan fingerprint density at radius 3 is 2.18 bits per heavy atom. The van der Waals surface area contributed by atoms with Crippen LogP contribution in [0.1, 0.15) is 31.7 Å². The average molecular weight is 246 g/mol. The molecule has 0 aliphatic carbocycles. The zero-order valence-electron chi connectivity index (χ0n) is 9.80. The summed E-state index contributed by atoms with van der Waals surface area (Å²) in [6.45, 7) is 1.58. The molecule has 96 valence electrons. The quantitative estimate of drug-likeness (QED) is 0.839. The van der Waals surface area contributed by atoms with Crippen LogP contribution in [0.2, 0.25) is 0 Å². The van der Waals surface area contributed by atoms with E-state index in [0.717, 1.165) is 5.56 Å². The first-order valence-electron chi connectivity index (χ1n) is 5.62. The Hall–Kier alpha value is -1.03. The Balaban J connectivity index is 2.41. The summed E-state index contributed by atoms with van der Waals surface area (Å²) in [5.41, 5.74) is -0.142. The lowest BCUT2D eigenvalue weighted by molar-refractivity contribution is -0.137. The van der Waals surface area contributed by atoms with Gasteiger partial charge in [-0.2, -0.15) is 13.2 Å². The maximum atomic E-state index is 12.0. The fourth-order valence-corrected chi connectivity index (χ4v) is 1.79. The molecule has 1 atom stereocenters. The second kappa shape index (κ2) is 5.54. The highest BCUT2D eigenvalue weighted by atomic mass is 19.4. The molecule has 0 saturated carbocycles. The minimum absolute atomic E-state index is 0.0384. The van der Waals surface area contributed by atoms with Crippen LogP contribution >= 0.6 is 0 Å². The van der Waals surface area contributed by atoms with Crippen LogP contribution in [-0.2, 0) is 6.42 Å². The van der Waals surface area contributed by atoms with Crippen LogP contribution < -0.4 is 0 Å². The van der Waals surface area contributed by atoms with E-state index in [1.54, 1.807) is 6.92 Å². The van der Waals surface area contributed by atoms with E-state index in [4.69, 9.17) is 0 Å². The number of hydrogen-bond acceptors (Lipinski definition) is 1. The Kier molecular flexibility index (Phi) is 4.57. The van der Waals surface area contributed by atoms with Gasteiger partial charge in [0.15, 0.2) is 0 Å². The van der Waals surface area contributed by atoms with Gasteiger partial charge in [0, 0.05) is 12.8 Å². The van der Waals surface area contributed by atoms with Crippen molar-refractivity contribution in [1.29, 1.82) is 0 Å². The topological polar surface area (TPSA) is 20.2 Å². The lowest BCUT2D eigenvalue weighted by Crippen LogP contribution is -2.27. The summed E-state index contributed by atoms with van der Waals surface area (Å²) in [6, 6.07) is 9.28. The van der Waals surface area contributed by atoms with Gasteiger partial charge in [-0.25, -0.2) is 0 Å². The van der Waals surface area contributed by atoms with E-state index in [1.807, 2.05) is 30.3 Å². The first-order valence-corrected chi connectivity index (χ1v) is 5.62. The molecule has 0 spiro atoms. The highest BCUT2D eigenvalue weighted by Crippen LogP contribution is 2.26. The van der Waals surface area contributed by atoms with Gasteiger partial charge in [-0.1, -0.05) is 30.3 Å². The second-order valence-electron chi connectivity index (χ2n) is 4.63. The zero-order chi connectivity index (χ0) is 12.9. The van der Waals surface area contributed by atoms with Crippen molar-refractivity contribution in [3.63, 3.8) is 0 Å². The molecule has 0 bridgehead atoms. The third-order valence-corrected chi connectivity index (χ3v) is 2.60. The third kappa shape index (κ3) is 6.31. The van der Waals surface area contributed by atoms with E-state index in [1.165, 1.54) is 0 Å². The summed E-state index contributed by atoms with van der Waals surface area (Å²) in [7, 11) is 0. The van der Waals surface area contributed by atoms with Gasteiger partial charge in [-0.3, -0.25) is 0 Å². The first-order chi connectivity index (χ1) is 7.79. The van der Waals surface area contributed by atoms with Crippen LogP contribution in [0.25, 0.3) is 0 Å². The van der Waals surface area contributed by atoms with Crippen LogP contribution in [0.3, 0.4) is 0 Å². The molecule has 0 aromatic heterocycles. The molecule has 0 heterocycles. The Labute approximate surface area is 99.3 Å². The van der Waals surface area contributed by atoms with E-state index < -0.39 is 18.2 Å². The zero-order valence-corrected chi connectivity index (χ0v) is 9.80. The Morgan fingerprint density at radius 2 is 1.65 bits per heavy atom. The molecule has 0 amide bonds. The highest BCUT2D eigenvalue weighted by Gasteiger charge is 2.29. The Morgan fingerprint density at radius 1 is 1.06 bits per heavy atom. The fraction of sp³-hybridized carbons (Fsp3) is 0.538. The molecule has 1 N–H and O–H groups in total. The average Bonchev–Trinajstić information content (AvgIpc) is 2.15. The Bertz CT molecular complexity index is 330. The maximum absolute atomic E-state index is 12.0. The number of aliphatic hydroxyl groups is 1. The molecule has 1 unspecified atom stereocenters. The molecule has 1 rings (SSSR count). The van der Waals surface area contributed by atoms with Crippen molar-refractivity contribution in [2.24, 2.45) is 0 Å². The molecule has 1 aromatic rings. The molecule has 17 heavy (non-hydrogen) atoms. The van der Waals surface area contributed by atoms with Crippen molar-refractivity contribution >= 4 is 0 Å². The van der Waals surface area contributed by atoms with Crippen LogP contribution in [0.4, 0.5) is 13.2 Å². The summed E-state index contributed by atoms with van der Waals surface area (Å²) in [6.07, 6.45) is -4.47. The van der Waals surface area contributed by atoms with E-state index in [2.05, 4.69) is 0 Å². The SMILES string of the molecule is CC(O)(CCCC(F)(F)F)Cc1ccccc1. The van der Waals surface area contributed by atoms with Gasteiger partial charge in [0.25, 0.3) is 0 Å². The van der Waals surface area contributed by atoms with Crippen LogP contribution in [0.5, 0.6) is 0 Å². The summed E-state index contributed by atoms with van der Waals surface area (Å²) in [5, 5.41) is 10.00. The van der Waals surface area contributed by atoms with Crippen molar-refractivity contribution in [3.05, 3.63) is 35.9 Å². The fourth-order valence-electron chi connectivity index (χ4n) is 1.79. The molecular weight excluding hydrogens is 229 g/mol. The van der Waals surface area contributed by atoms with Crippen LogP contribution in [0, 0.1) is 0 Å². The number of benzene rings is 1. The van der Waals surface area contributed by atoms with Gasteiger partial charge in [-0.05, 0) is 25.3 Å². The van der Waals surface area contributed by atoms with Crippen molar-refractivity contribution < 1.29 is 18.3 Å². The predicted octanol–water partition coefficient (Wildman–Crippen LogP) is 3.71. The van der Waals surface area contributed by atoms with E-state index in [-0.39, 0.29) is 12.8 Å². The molecule has 0 aliphatic heterocycles. The van der Waals surface area contributed by atoms with E-state index in [9.17, 15) is 18.3 Å². The largest absolute Gasteiger partial charge is 0.390 e. The molecule has 0 saturated heterocycles. The van der Waals surface area contributed by atoms with Gasteiger partial charge >= 0.3 is 6.18 Å². The summed E-state index contributed by atoms with van der Waals surface area (Å²) >= 11 is 0. The van der Waals surface area contributed by atoms with Gasteiger partial charge < -0.3 is 5.11 Å². The molecule has 0 aliphatic rings. The molecule has 4 heteroatoms. The standard InChI is InChI=1S/C13H17F3O/c1-12(17,8-5-9-13(14,15)16)10-11-6-3-2-4-7-11/h2-4,6-7,17H,5,8-10H2,1H3. The van der Waals surface area contributed by atoms with Gasteiger partial charge in [0.05, 0.1) is 5.60 Å². The third-order valence-electron chi connectivity index (χ3n) is 2.60. The summed E-state index contributed by atoms with van der Waals surface area (Å²) in [4.78, 5) is 0. The van der Waals surface area contributed by atoms with Crippen molar-refractivity contribution in [3.8, 4) is 0 Å². The van der Waals surface area contributed by atoms with E-state index >= 15 is 0 Å². The predicted molar refractivity (Wildman–Crippen MR) is 60.7 cm³/mol. The van der Waals surface area contributed by atoms with Gasteiger partial charge in [-0.15, -0.1) is 0 Å². The number of halogens is 3. The van der Waals surface area contributed by atoms with Crippen LogP contribution in [-0.4, -0.2) is 16.9 Å². The lowest BCUT2D eigenvalue weighted by atomic mass is 9.91. The highest BCUT2D eigenvalue weighted by molar-refractivity contribution is 5.16. The maximum Gasteiger partial charge on any atom is 0.389 e. The summed E-state index contributed by atoms with van der Waals surface area (Å²) < 4.78 is 35.9. The smallest absolute Gasteiger partial charge is 0.389 e.